The molecule has 0 amide bonds. The fraction of sp³-hybridized carbons (Fsp3) is 0.833. The van der Waals surface area contributed by atoms with Gasteiger partial charge in [0.25, 0.3) is 0 Å². The van der Waals surface area contributed by atoms with Crippen LogP contribution in [-0.2, 0) is 13.0 Å². The SMILES string of the molecule is CCCCC(C)NCCn1cnnc1CC. The van der Waals surface area contributed by atoms with E-state index in [-0.39, 0.29) is 0 Å². The van der Waals surface area contributed by atoms with E-state index in [0.29, 0.717) is 6.04 Å². The van der Waals surface area contributed by atoms with Crippen LogP contribution >= 0.6 is 0 Å². The third kappa shape index (κ3) is 4.31. The zero-order valence-corrected chi connectivity index (χ0v) is 10.7. The summed E-state index contributed by atoms with van der Waals surface area (Å²) in [7, 11) is 0. The number of hydrogen-bond donors (Lipinski definition) is 1. The van der Waals surface area contributed by atoms with Gasteiger partial charge in [-0.1, -0.05) is 26.7 Å². The minimum atomic E-state index is 0.613. The topological polar surface area (TPSA) is 42.7 Å². The van der Waals surface area contributed by atoms with Gasteiger partial charge in [0.05, 0.1) is 0 Å². The minimum Gasteiger partial charge on any atom is -0.316 e. The highest BCUT2D eigenvalue weighted by Gasteiger charge is 2.03. The molecule has 0 saturated carbocycles. The predicted molar refractivity (Wildman–Crippen MR) is 66.4 cm³/mol. The summed E-state index contributed by atoms with van der Waals surface area (Å²) in [5.41, 5.74) is 0. The average molecular weight is 224 g/mol. The van der Waals surface area contributed by atoms with Crippen LogP contribution in [0.2, 0.25) is 0 Å². The smallest absolute Gasteiger partial charge is 0.132 e. The Hall–Kier alpha value is -0.900. The van der Waals surface area contributed by atoms with E-state index in [4.69, 9.17) is 0 Å². The molecule has 0 saturated heterocycles. The summed E-state index contributed by atoms with van der Waals surface area (Å²) in [5, 5.41) is 11.5. The summed E-state index contributed by atoms with van der Waals surface area (Å²) in [6.45, 7) is 8.56. The third-order valence-electron chi connectivity index (χ3n) is 2.85. The molecule has 16 heavy (non-hydrogen) atoms. The first-order valence-corrected chi connectivity index (χ1v) is 6.38. The van der Waals surface area contributed by atoms with Crippen molar-refractivity contribution in [2.45, 2.75) is 59.0 Å². The molecule has 92 valence electrons. The van der Waals surface area contributed by atoms with Gasteiger partial charge in [-0.25, -0.2) is 0 Å². The summed E-state index contributed by atoms with van der Waals surface area (Å²) < 4.78 is 2.12. The lowest BCUT2D eigenvalue weighted by Gasteiger charge is -2.13. The molecule has 0 aliphatic heterocycles. The molecular formula is C12H24N4. The van der Waals surface area contributed by atoms with Crippen molar-refractivity contribution in [3.05, 3.63) is 12.2 Å². The first-order valence-electron chi connectivity index (χ1n) is 6.38. The molecule has 0 aliphatic rings. The monoisotopic (exact) mass is 224 g/mol. The van der Waals surface area contributed by atoms with Crippen LogP contribution in [0.15, 0.2) is 6.33 Å². The predicted octanol–water partition coefficient (Wildman–Crippen LogP) is 2.01. The molecule has 1 rings (SSSR count). The summed E-state index contributed by atoms with van der Waals surface area (Å²) in [4.78, 5) is 0. The van der Waals surface area contributed by atoms with Gasteiger partial charge < -0.3 is 9.88 Å². The number of rotatable bonds is 8. The lowest BCUT2D eigenvalue weighted by atomic mass is 10.1. The van der Waals surface area contributed by atoms with E-state index in [1.54, 1.807) is 0 Å². The summed E-state index contributed by atoms with van der Waals surface area (Å²) in [5.74, 6) is 1.07. The number of aromatic nitrogens is 3. The molecule has 1 heterocycles. The standard InChI is InChI=1S/C12H24N4/c1-4-6-7-11(3)13-8-9-16-10-14-15-12(16)5-2/h10-11,13H,4-9H2,1-3H3. The molecule has 0 aromatic carbocycles. The van der Waals surface area contributed by atoms with Crippen LogP contribution in [0.5, 0.6) is 0 Å². The van der Waals surface area contributed by atoms with E-state index in [1.165, 1.54) is 19.3 Å². The second-order valence-corrected chi connectivity index (χ2v) is 4.29. The van der Waals surface area contributed by atoms with Gasteiger partial charge in [-0.05, 0) is 13.3 Å². The van der Waals surface area contributed by atoms with Gasteiger partial charge in [0.2, 0.25) is 0 Å². The van der Waals surface area contributed by atoms with Crippen molar-refractivity contribution in [2.75, 3.05) is 6.54 Å². The number of unbranched alkanes of at least 4 members (excludes halogenated alkanes) is 1. The second kappa shape index (κ2) is 7.39. The van der Waals surface area contributed by atoms with E-state index in [9.17, 15) is 0 Å². The van der Waals surface area contributed by atoms with Gasteiger partial charge in [0, 0.05) is 25.6 Å². The third-order valence-corrected chi connectivity index (χ3v) is 2.85. The van der Waals surface area contributed by atoms with Crippen molar-refractivity contribution in [3.63, 3.8) is 0 Å². The fourth-order valence-corrected chi connectivity index (χ4v) is 1.78. The van der Waals surface area contributed by atoms with E-state index in [0.717, 1.165) is 25.3 Å². The maximum atomic E-state index is 4.07. The van der Waals surface area contributed by atoms with Gasteiger partial charge in [-0.15, -0.1) is 10.2 Å². The quantitative estimate of drug-likeness (QED) is 0.734. The molecule has 4 nitrogen and oxygen atoms in total. The maximum Gasteiger partial charge on any atom is 0.132 e. The minimum absolute atomic E-state index is 0.613. The molecular weight excluding hydrogens is 200 g/mol. The van der Waals surface area contributed by atoms with Crippen molar-refractivity contribution in [1.82, 2.24) is 20.1 Å². The molecule has 1 atom stereocenters. The van der Waals surface area contributed by atoms with E-state index in [2.05, 4.69) is 40.9 Å². The van der Waals surface area contributed by atoms with Crippen LogP contribution in [0.3, 0.4) is 0 Å². The Kier molecular flexibility index (Phi) is 6.08. The molecule has 1 aromatic heterocycles. The molecule has 0 radical (unpaired) electrons. The van der Waals surface area contributed by atoms with Crippen LogP contribution in [0.1, 0.15) is 45.9 Å². The number of hydrogen-bond acceptors (Lipinski definition) is 3. The van der Waals surface area contributed by atoms with E-state index < -0.39 is 0 Å². The fourth-order valence-electron chi connectivity index (χ4n) is 1.78. The van der Waals surface area contributed by atoms with Crippen molar-refractivity contribution in [1.29, 1.82) is 0 Å². The van der Waals surface area contributed by atoms with Gasteiger partial charge in [-0.2, -0.15) is 0 Å². The van der Waals surface area contributed by atoms with Crippen LogP contribution in [0.4, 0.5) is 0 Å². The Bertz CT molecular complexity index is 282. The molecule has 1 unspecified atom stereocenters. The van der Waals surface area contributed by atoms with Crippen LogP contribution in [-0.4, -0.2) is 27.4 Å². The largest absolute Gasteiger partial charge is 0.316 e. The summed E-state index contributed by atoms with van der Waals surface area (Å²) >= 11 is 0. The van der Waals surface area contributed by atoms with Crippen molar-refractivity contribution >= 4 is 0 Å². The lowest BCUT2D eigenvalue weighted by molar-refractivity contribution is 0.472. The molecule has 0 bridgehead atoms. The van der Waals surface area contributed by atoms with Gasteiger partial charge in [0.1, 0.15) is 12.2 Å². The Labute approximate surface area is 98.5 Å². The maximum absolute atomic E-state index is 4.07. The van der Waals surface area contributed by atoms with Crippen molar-refractivity contribution in [2.24, 2.45) is 0 Å². The molecule has 0 spiro atoms. The number of nitrogens with zero attached hydrogens (tertiary/aromatic N) is 3. The Morgan fingerprint density at radius 3 is 2.94 bits per heavy atom. The van der Waals surface area contributed by atoms with Crippen LogP contribution < -0.4 is 5.32 Å². The van der Waals surface area contributed by atoms with E-state index >= 15 is 0 Å². The van der Waals surface area contributed by atoms with Gasteiger partial charge in [-0.3, -0.25) is 0 Å². The molecule has 1 N–H and O–H groups in total. The van der Waals surface area contributed by atoms with Crippen molar-refractivity contribution < 1.29 is 0 Å². The highest BCUT2D eigenvalue weighted by molar-refractivity contribution is 4.84. The summed E-state index contributed by atoms with van der Waals surface area (Å²) in [6.07, 6.45) is 6.61. The van der Waals surface area contributed by atoms with E-state index in [1.807, 2.05) is 6.33 Å². The average Bonchev–Trinajstić information content (AvgIpc) is 2.74. The first-order chi connectivity index (χ1) is 7.77. The Balaban J connectivity index is 2.20. The molecule has 0 aliphatic carbocycles. The Morgan fingerprint density at radius 2 is 2.25 bits per heavy atom. The van der Waals surface area contributed by atoms with Crippen LogP contribution in [0.25, 0.3) is 0 Å². The van der Waals surface area contributed by atoms with Crippen molar-refractivity contribution in [3.8, 4) is 0 Å². The van der Waals surface area contributed by atoms with Gasteiger partial charge in [0.15, 0.2) is 0 Å². The Morgan fingerprint density at radius 1 is 1.44 bits per heavy atom. The number of aryl methyl sites for hydroxylation is 1. The highest BCUT2D eigenvalue weighted by Crippen LogP contribution is 2.00. The lowest BCUT2D eigenvalue weighted by Crippen LogP contribution is -2.29. The first kappa shape index (κ1) is 13.2. The highest BCUT2D eigenvalue weighted by atomic mass is 15.3. The zero-order chi connectivity index (χ0) is 11.8. The van der Waals surface area contributed by atoms with Gasteiger partial charge >= 0.3 is 0 Å². The van der Waals surface area contributed by atoms with Crippen LogP contribution in [0, 0.1) is 0 Å². The molecule has 4 heteroatoms. The summed E-state index contributed by atoms with van der Waals surface area (Å²) in [6, 6.07) is 0.613. The normalized spacial score (nSPS) is 12.9. The molecule has 1 aromatic rings. The second-order valence-electron chi connectivity index (χ2n) is 4.29. The number of nitrogens with one attached hydrogen (secondary N) is 1. The zero-order valence-electron chi connectivity index (χ0n) is 10.7. The molecule has 0 fully saturated rings.